The smallest absolute Gasteiger partial charge is 0.364 e. The first kappa shape index (κ1) is 31.8. The number of carbonyl (C=O) groups is 2. The van der Waals surface area contributed by atoms with E-state index >= 15 is 0 Å². The van der Waals surface area contributed by atoms with Gasteiger partial charge in [-0.1, -0.05) is 47.3 Å². The summed E-state index contributed by atoms with van der Waals surface area (Å²) >= 11 is 16.7. The highest BCUT2D eigenvalue weighted by atomic mass is 35.6. The first-order valence-corrected chi connectivity index (χ1v) is 13.6. The number of amides is 1. The van der Waals surface area contributed by atoms with Crippen LogP contribution >= 0.6 is 34.8 Å². The van der Waals surface area contributed by atoms with E-state index in [4.69, 9.17) is 49.0 Å². The first-order valence-electron chi connectivity index (χ1n) is 12.5. The lowest BCUT2D eigenvalue weighted by Crippen LogP contribution is -2.50. The van der Waals surface area contributed by atoms with Crippen molar-refractivity contribution in [2.45, 2.75) is 74.0 Å². The molecule has 2 aliphatic heterocycles. The summed E-state index contributed by atoms with van der Waals surface area (Å²) < 4.78 is 14.3. The van der Waals surface area contributed by atoms with Crippen molar-refractivity contribution in [2.24, 2.45) is 11.8 Å². The minimum Gasteiger partial charge on any atom is -0.421 e. The largest absolute Gasteiger partial charge is 0.421 e. The highest BCUT2D eigenvalue weighted by Crippen LogP contribution is 2.38. The fraction of sp³-hybridized carbons (Fsp3) is 0.577. The molecule has 2 aliphatic rings. The summed E-state index contributed by atoms with van der Waals surface area (Å²) in [6.07, 6.45) is 2.54. The molecule has 1 aromatic heterocycles. The standard InChI is InChI=1S/C26H33Cl3N2O8/c1-13(8-18-23(35)22(34)17(12-37-18)10-19-24(38-19)14(2)15(3)32)9-21(33)31-11-20(16-4-6-30-7-5-16)39-25(36)26(27,28)29/h4-7,9,11,14-15,17-19,22-24,32,34-35H,8,10,12H2,1-3H3,(H,31,33)/b13-9+,20-11+/t14-,15-,17-,18-,19-,22+,23-,24-/m0/s1. The van der Waals surface area contributed by atoms with Crippen LogP contribution in [0.25, 0.3) is 5.76 Å². The Morgan fingerprint density at radius 1 is 1.21 bits per heavy atom. The van der Waals surface area contributed by atoms with Crippen molar-refractivity contribution in [3.05, 3.63) is 47.9 Å². The van der Waals surface area contributed by atoms with Gasteiger partial charge in [0, 0.05) is 42.1 Å². The van der Waals surface area contributed by atoms with E-state index in [2.05, 4.69) is 10.3 Å². The van der Waals surface area contributed by atoms with Crippen LogP contribution in [0.15, 0.2) is 42.4 Å². The van der Waals surface area contributed by atoms with Gasteiger partial charge in [-0.15, -0.1) is 0 Å². The highest BCUT2D eigenvalue weighted by Gasteiger charge is 2.48. The van der Waals surface area contributed by atoms with Gasteiger partial charge in [-0.3, -0.25) is 9.78 Å². The van der Waals surface area contributed by atoms with Gasteiger partial charge in [0.2, 0.25) is 5.91 Å². The number of nitrogens with zero attached hydrogens (tertiary/aromatic N) is 1. The lowest BCUT2D eigenvalue weighted by atomic mass is 9.85. The number of carbonyl (C=O) groups excluding carboxylic acids is 2. The van der Waals surface area contributed by atoms with E-state index in [0.29, 0.717) is 17.6 Å². The van der Waals surface area contributed by atoms with Crippen LogP contribution < -0.4 is 5.32 Å². The van der Waals surface area contributed by atoms with Crippen molar-refractivity contribution < 1.29 is 39.1 Å². The van der Waals surface area contributed by atoms with E-state index in [-0.39, 0.29) is 42.8 Å². The van der Waals surface area contributed by atoms with Crippen LogP contribution in [0, 0.1) is 11.8 Å². The Morgan fingerprint density at radius 3 is 2.49 bits per heavy atom. The maximum atomic E-state index is 12.5. The summed E-state index contributed by atoms with van der Waals surface area (Å²) in [5.74, 6) is -2.11. The lowest BCUT2D eigenvalue weighted by molar-refractivity contribution is -0.165. The molecule has 0 aliphatic carbocycles. The van der Waals surface area contributed by atoms with Crippen LogP contribution in [-0.4, -0.2) is 79.2 Å². The average molecular weight is 608 g/mol. The van der Waals surface area contributed by atoms with Crippen molar-refractivity contribution >= 4 is 52.4 Å². The second-order valence-electron chi connectivity index (χ2n) is 9.92. The number of aliphatic hydroxyl groups is 3. The number of epoxide rings is 1. The van der Waals surface area contributed by atoms with Crippen molar-refractivity contribution in [2.75, 3.05) is 6.61 Å². The molecular formula is C26H33Cl3N2O8. The lowest BCUT2D eigenvalue weighted by Gasteiger charge is -2.38. The van der Waals surface area contributed by atoms with E-state index in [1.807, 2.05) is 6.92 Å². The quantitative estimate of drug-likeness (QED) is 0.103. The fourth-order valence-electron chi connectivity index (χ4n) is 4.34. The third-order valence-electron chi connectivity index (χ3n) is 6.82. The molecule has 4 N–H and O–H groups in total. The Balaban J connectivity index is 1.55. The normalized spacial score (nSPS) is 29.4. The number of esters is 1. The highest BCUT2D eigenvalue weighted by molar-refractivity contribution is 6.75. The summed E-state index contributed by atoms with van der Waals surface area (Å²) in [7, 11) is 0. The molecular weight excluding hydrogens is 575 g/mol. The van der Waals surface area contributed by atoms with E-state index < -0.39 is 40.1 Å². The monoisotopic (exact) mass is 606 g/mol. The number of aliphatic hydroxyl groups excluding tert-OH is 3. The average Bonchev–Trinajstić information content (AvgIpc) is 3.64. The molecule has 216 valence electrons. The second-order valence-corrected chi connectivity index (χ2v) is 12.2. The van der Waals surface area contributed by atoms with Gasteiger partial charge in [0.05, 0.1) is 37.1 Å². The summed E-state index contributed by atoms with van der Waals surface area (Å²) in [4.78, 5) is 28.4. The Labute approximate surface area is 241 Å². The number of halogens is 3. The third-order valence-corrected chi connectivity index (χ3v) is 7.28. The summed E-state index contributed by atoms with van der Waals surface area (Å²) in [6, 6.07) is 3.07. The van der Waals surface area contributed by atoms with E-state index in [0.717, 1.165) is 6.20 Å². The maximum absolute atomic E-state index is 12.5. The minimum absolute atomic E-state index is 0.0227. The number of aromatic nitrogens is 1. The second kappa shape index (κ2) is 13.7. The first-order chi connectivity index (χ1) is 18.3. The number of hydrogen-bond donors (Lipinski definition) is 4. The summed E-state index contributed by atoms with van der Waals surface area (Å²) in [6.45, 7) is 5.53. The molecule has 8 atom stereocenters. The maximum Gasteiger partial charge on any atom is 0.364 e. The van der Waals surface area contributed by atoms with Gasteiger partial charge in [-0.25, -0.2) is 4.79 Å². The van der Waals surface area contributed by atoms with Crippen molar-refractivity contribution in [3.8, 4) is 0 Å². The predicted molar refractivity (Wildman–Crippen MR) is 144 cm³/mol. The molecule has 39 heavy (non-hydrogen) atoms. The fourth-order valence-corrected chi connectivity index (χ4v) is 4.45. The zero-order chi connectivity index (χ0) is 28.9. The molecule has 3 heterocycles. The van der Waals surface area contributed by atoms with E-state index in [9.17, 15) is 24.9 Å². The number of nitrogens with one attached hydrogen (secondary N) is 1. The Bertz CT molecular complexity index is 1060. The zero-order valence-corrected chi connectivity index (χ0v) is 23.9. The Kier molecular flexibility index (Phi) is 11.2. The number of ether oxygens (including phenoxy) is 3. The molecule has 10 nitrogen and oxygen atoms in total. The number of rotatable bonds is 10. The SMILES string of the molecule is C/C(=C\C(=O)N/C=C(/OC(=O)C(Cl)(Cl)Cl)c1ccncc1)C[C@@H]1OC[C@H](C[C@@H]2O[C@H]2[C@@H](C)[C@H](C)O)[C@@H](O)[C@H]1O. The van der Waals surface area contributed by atoms with Crippen molar-refractivity contribution in [3.63, 3.8) is 0 Å². The van der Waals surface area contributed by atoms with Gasteiger partial charge in [0.1, 0.15) is 6.10 Å². The molecule has 1 aromatic rings. The predicted octanol–water partition coefficient (Wildman–Crippen LogP) is 2.66. The van der Waals surface area contributed by atoms with Crippen LogP contribution in [0.1, 0.15) is 39.2 Å². The topological polar surface area (TPSA) is 151 Å². The number of alkyl halides is 3. The third kappa shape index (κ3) is 9.12. The van der Waals surface area contributed by atoms with Crippen LogP contribution in [0.3, 0.4) is 0 Å². The van der Waals surface area contributed by atoms with Crippen molar-refractivity contribution in [1.29, 1.82) is 0 Å². The van der Waals surface area contributed by atoms with Gasteiger partial charge in [0.25, 0.3) is 3.79 Å². The van der Waals surface area contributed by atoms with Crippen molar-refractivity contribution in [1.82, 2.24) is 10.3 Å². The number of hydrogen-bond acceptors (Lipinski definition) is 9. The van der Waals surface area contributed by atoms with E-state index in [1.165, 1.54) is 30.6 Å². The summed E-state index contributed by atoms with van der Waals surface area (Å²) in [5.41, 5.74) is 0.981. The van der Waals surface area contributed by atoms with Crippen LogP contribution in [0.2, 0.25) is 0 Å². The minimum atomic E-state index is -2.32. The summed E-state index contributed by atoms with van der Waals surface area (Å²) in [5, 5.41) is 33.6. The molecule has 0 saturated carbocycles. The molecule has 0 spiro atoms. The van der Waals surface area contributed by atoms with E-state index in [1.54, 1.807) is 13.8 Å². The number of pyridine rings is 1. The van der Waals surface area contributed by atoms with Crippen LogP contribution in [0.5, 0.6) is 0 Å². The van der Waals surface area contributed by atoms with Gasteiger partial charge in [0.15, 0.2) is 5.76 Å². The van der Waals surface area contributed by atoms with Crippen LogP contribution in [-0.2, 0) is 23.8 Å². The molecule has 1 amide bonds. The van der Waals surface area contributed by atoms with Gasteiger partial charge in [-0.2, -0.15) is 0 Å². The van der Waals surface area contributed by atoms with Gasteiger partial charge < -0.3 is 34.8 Å². The van der Waals surface area contributed by atoms with Gasteiger partial charge in [-0.05, 0) is 38.8 Å². The molecule has 2 saturated heterocycles. The molecule has 13 heteroatoms. The molecule has 0 radical (unpaired) electrons. The molecule has 0 unspecified atom stereocenters. The zero-order valence-electron chi connectivity index (χ0n) is 21.7. The molecule has 3 rings (SSSR count). The Hall–Kier alpha value is -1.76. The van der Waals surface area contributed by atoms with Gasteiger partial charge >= 0.3 is 5.97 Å². The molecule has 2 fully saturated rings. The Morgan fingerprint density at radius 2 is 1.87 bits per heavy atom. The molecule has 0 bridgehead atoms. The molecule has 0 aromatic carbocycles. The van der Waals surface area contributed by atoms with Crippen LogP contribution in [0.4, 0.5) is 0 Å².